The second-order valence-electron chi connectivity index (χ2n) is 5.35. The van der Waals surface area contributed by atoms with Gasteiger partial charge in [0.05, 0.1) is 10.9 Å². The molecule has 24 heavy (non-hydrogen) atoms. The lowest BCUT2D eigenvalue weighted by atomic mass is 10.1. The summed E-state index contributed by atoms with van der Waals surface area (Å²) in [5, 5.41) is 6.42. The molecule has 122 valence electrons. The summed E-state index contributed by atoms with van der Waals surface area (Å²) < 4.78 is 0. The number of carbonyl (C=O) groups excluding carboxylic acids is 1. The van der Waals surface area contributed by atoms with E-state index in [1.807, 2.05) is 31.2 Å². The molecule has 0 bridgehead atoms. The molecular weight excluding hydrogens is 304 g/mol. The summed E-state index contributed by atoms with van der Waals surface area (Å²) >= 11 is 0. The fourth-order valence-electron chi connectivity index (χ4n) is 2.44. The lowest BCUT2D eigenvalue weighted by Gasteiger charge is -2.08. The first-order valence-electron chi connectivity index (χ1n) is 7.77. The molecule has 3 rings (SSSR count). The van der Waals surface area contributed by atoms with Gasteiger partial charge in [0.1, 0.15) is 0 Å². The third kappa shape index (κ3) is 3.43. The molecule has 0 saturated carbocycles. The first kappa shape index (κ1) is 15.7. The maximum absolute atomic E-state index is 12.0. The minimum Gasteiger partial charge on any atom is -0.352 e. The van der Waals surface area contributed by atoms with Gasteiger partial charge in [-0.3, -0.25) is 14.6 Å². The Morgan fingerprint density at radius 1 is 1.17 bits per heavy atom. The number of nitrogens with one attached hydrogen (secondary N) is 3. The largest absolute Gasteiger partial charge is 0.352 e. The molecule has 6 heteroatoms. The zero-order valence-corrected chi connectivity index (χ0v) is 13.3. The van der Waals surface area contributed by atoms with Gasteiger partial charge in [-0.2, -0.15) is 0 Å². The van der Waals surface area contributed by atoms with Crippen molar-refractivity contribution in [2.24, 2.45) is 0 Å². The molecule has 0 radical (unpaired) electrons. The van der Waals surface area contributed by atoms with Crippen LogP contribution in [0.25, 0.3) is 10.9 Å². The molecule has 1 aromatic heterocycles. The van der Waals surface area contributed by atoms with E-state index in [1.54, 1.807) is 24.3 Å². The molecule has 0 atom stereocenters. The molecule has 0 spiro atoms. The molecule has 0 aliphatic rings. The standard InChI is InChI=1S/C18H18N4O2/c1-2-19-16(23)13-7-5-6-12(10-13)11-20-18-21-15-9-4-3-8-14(15)17(24)22-18/h3-10H,2,11H2,1H3,(H,19,23)(H2,20,21,22,24). The number of para-hydroxylation sites is 1. The number of H-pyrrole nitrogens is 1. The van der Waals surface area contributed by atoms with Gasteiger partial charge in [-0.15, -0.1) is 0 Å². The van der Waals surface area contributed by atoms with Gasteiger partial charge < -0.3 is 10.6 Å². The summed E-state index contributed by atoms with van der Waals surface area (Å²) in [5.41, 5.74) is 1.99. The molecule has 0 saturated heterocycles. The predicted molar refractivity (Wildman–Crippen MR) is 94.1 cm³/mol. The van der Waals surface area contributed by atoms with Crippen LogP contribution in [0, 0.1) is 0 Å². The van der Waals surface area contributed by atoms with Crippen molar-refractivity contribution < 1.29 is 4.79 Å². The van der Waals surface area contributed by atoms with E-state index < -0.39 is 0 Å². The van der Waals surface area contributed by atoms with E-state index >= 15 is 0 Å². The number of anilines is 1. The Morgan fingerprint density at radius 3 is 2.83 bits per heavy atom. The highest BCUT2D eigenvalue weighted by Crippen LogP contribution is 2.10. The maximum Gasteiger partial charge on any atom is 0.260 e. The van der Waals surface area contributed by atoms with Crippen molar-refractivity contribution in [3.05, 3.63) is 70.0 Å². The summed E-state index contributed by atoms with van der Waals surface area (Å²) in [6.07, 6.45) is 0. The van der Waals surface area contributed by atoms with Crippen molar-refractivity contribution in [2.45, 2.75) is 13.5 Å². The molecule has 1 heterocycles. The first-order chi connectivity index (χ1) is 11.7. The third-order valence-corrected chi connectivity index (χ3v) is 3.60. The smallest absolute Gasteiger partial charge is 0.260 e. The van der Waals surface area contributed by atoms with Crippen LogP contribution < -0.4 is 16.2 Å². The summed E-state index contributed by atoms with van der Waals surface area (Å²) in [7, 11) is 0. The average molecular weight is 322 g/mol. The predicted octanol–water partition coefficient (Wildman–Crippen LogP) is 2.28. The van der Waals surface area contributed by atoms with Gasteiger partial charge in [0.2, 0.25) is 5.95 Å². The number of hydrogen-bond donors (Lipinski definition) is 3. The minimum atomic E-state index is -0.181. The Hall–Kier alpha value is -3.15. The zero-order valence-electron chi connectivity index (χ0n) is 13.3. The molecule has 0 aliphatic heterocycles. The monoisotopic (exact) mass is 322 g/mol. The second-order valence-corrected chi connectivity index (χ2v) is 5.35. The SMILES string of the molecule is CCNC(=O)c1cccc(CNc2nc3ccccc3c(=O)[nH]2)c1. The molecule has 3 aromatic rings. The van der Waals surface area contributed by atoms with Gasteiger partial charge in [0, 0.05) is 18.7 Å². The molecule has 3 N–H and O–H groups in total. The van der Waals surface area contributed by atoms with Crippen LogP contribution in [0.3, 0.4) is 0 Å². The molecule has 0 aliphatic carbocycles. The van der Waals surface area contributed by atoms with Gasteiger partial charge in [0.15, 0.2) is 0 Å². The summed E-state index contributed by atoms with van der Waals surface area (Å²) in [5.74, 6) is 0.304. The average Bonchev–Trinajstić information content (AvgIpc) is 2.60. The summed E-state index contributed by atoms with van der Waals surface area (Å²) in [6.45, 7) is 2.92. The van der Waals surface area contributed by atoms with E-state index in [9.17, 15) is 9.59 Å². The van der Waals surface area contributed by atoms with Gasteiger partial charge in [0.25, 0.3) is 11.5 Å². The van der Waals surface area contributed by atoms with Crippen LogP contribution in [0.1, 0.15) is 22.8 Å². The second kappa shape index (κ2) is 6.95. The van der Waals surface area contributed by atoms with E-state index in [0.717, 1.165) is 5.56 Å². The zero-order chi connectivity index (χ0) is 16.9. The number of nitrogens with zero attached hydrogens (tertiary/aromatic N) is 1. The Bertz CT molecular complexity index is 933. The van der Waals surface area contributed by atoms with Crippen LogP contribution in [-0.4, -0.2) is 22.4 Å². The number of amides is 1. The molecular formula is C18H18N4O2. The minimum absolute atomic E-state index is 0.100. The first-order valence-corrected chi connectivity index (χ1v) is 7.77. The Labute approximate surface area is 138 Å². The van der Waals surface area contributed by atoms with E-state index in [-0.39, 0.29) is 11.5 Å². The number of hydrogen-bond acceptors (Lipinski definition) is 4. The highest BCUT2D eigenvalue weighted by molar-refractivity contribution is 5.94. The Morgan fingerprint density at radius 2 is 2.00 bits per heavy atom. The number of carbonyl (C=O) groups is 1. The third-order valence-electron chi connectivity index (χ3n) is 3.60. The highest BCUT2D eigenvalue weighted by Gasteiger charge is 2.06. The number of benzene rings is 2. The van der Waals surface area contributed by atoms with Crippen LogP contribution in [0.2, 0.25) is 0 Å². The van der Waals surface area contributed by atoms with Crippen molar-refractivity contribution in [1.29, 1.82) is 0 Å². The molecule has 0 fully saturated rings. The van der Waals surface area contributed by atoms with E-state index in [1.165, 1.54) is 0 Å². The molecule has 6 nitrogen and oxygen atoms in total. The van der Waals surface area contributed by atoms with Crippen LogP contribution in [0.4, 0.5) is 5.95 Å². The van der Waals surface area contributed by atoms with Crippen molar-refractivity contribution in [1.82, 2.24) is 15.3 Å². The van der Waals surface area contributed by atoms with E-state index in [0.29, 0.717) is 35.5 Å². The lowest BCUT2D eigenvalue weighted by Crippen LogP contribution is -2.22. The maximum atomic E-state index is 12.0. The molecule has 2 aromatic carbocycles. The fraction of sp³-hybridized carbons (Fsp3) is 0.167. The van der Waals surface area contributed by atoms with Gasteiger partial charge >= 0.3 is 0 Å². The normalized spacial score (nSPS) is 10.5. The van der Waals surface area contributed by atoms with Crippen LogP contribution in [0.5, 0.6) is 0 Å². The summed E-state index contributed by atoms with van der Waals surface area (Å²) in [4.78, 5) is 31.0. The van der Waals surface area contributed by atoms with Gasteiger partial charge in [-0.25, -0.2) is 4.98 Å². The van der Waals surface area contributed by atoms with Crippen molar-refractivity contribution in [3.8, 4) is 0 Å². The topological polar surface area (TPSA) is 86.9 Å². The van der Waals surface area contributed by atoms with Crippen LogP contribution in [0.15, 0.2) is 53.3 Å². The van der Waals surface area contributed by atoms with Crippen LogP contribution >= 0.6 is 0 Å². The Balaban J connectivity index is 1.77. The molecule has 1 amide bonds. The van der Waals surface area contributed by atoms with Gasteiger partial charge in [-0.05, 0) is 36.8 Å². The number of aromatic amines is 1. The molecule has 0 unspecified atom stereocenters. The highest BCUT2D eigenvalue weighted by atomic mass is 16.1. The number of aromatic nitrogens is 2. The van der Waals surface area contributed by atoms with E-state index in [2.05, 4.69) is 20.6 Å². The van der Waals surface area contributed by atoms with Crippen molar-refractivity contribution in [2.75, 3.05) is 11.9 Å². The Kier molecular flexibility index (Phi) is 4.56. The van der Waals surface area contributed by atoms with Crippen molar-refractivity contribution in [3.63, 3.8) is 0 Å². The van der Waals surface area contributed by atoms with Crippen LogP contribution in [-0.2, 0) is 6.54 Å². The quantitative estimate of drug-likeness (QED) is 0.672. The van der Waals surface area contributed by atoms with Crippen molar-refractivity contribution >= 4 is 22.8 Å². The fourth-order valence-corrected chi connectivity index (χ4v) is 2.44. The summed E-state index contributed by atoms with van der Waals surface area (Å²) in [6, 6.07) is 14.5. The van der Waals surface area contributed by atoms with E-state index in [4.69, 9.17) is 0 Å². The number of rotatable bonds is 5. The van der Waals surface area contributed by atoms with Gasteiger partial charge in [-0.1, -0.05) is 24.3 Å². The lowest BCUT2D eigenvalue weighted by molar-refractivity contribution is 0.0955. The number of fused-ring (bicyclic) bond motifs is 1.